The van der Waals surface area contributed by atoms with Gasteiger partial charge in [-0.25, -0.2) is 9.78 Å². The summed E-state index contributed by atoms with van der Waals surface area (Å²) in [6, 6.07) is 0. The zero-order valence-corrected chi connectivity index (χ0v) is 19.0. The first-order valence-electron chi connectivity index (χ1n) is 8.99. The number of ether oxygens (including phenoxy) is 2. The van der Waals surface area contributed by atoms with Gasteiger partial charge in [-0.2, -0.15) is 4.98 Å². The van der Waals surface area contributed by atoms with E-state index in [1.54, 1.807) is 6.20 Å². The summed E-state index contributed by atoms with van der Waals surface area (Å²) >= 11 is 7.40. The van der Waals surface area contributed by atoms with Crippen LogP contribution in [0.2, 0.25) is 5.28 Å². The monoisotopic (exact) mass is 425 g/mol. The average molecular weight is 426 g/mol. The summed E-state index contributed by atoms with van der Waals surface area (Å²) in [5.41, 5.74) is -1.56. The third-order valence-corrected chi connectivity index (χ3v) is 5.22. The molecule has 1 heterocycles. The molecular formula is C20H28ClN3O3S. The van der Waals surface area contributed by atoms with Crippen LogP contribution in [0.4, 0.5) is 4.79 Å². The summed E-state index contributed by atoms with van der Waals surface area (Å²) in [6.45, 7) is 11.7. The van der Waals surface area contributed by atoms with E-state index in [9.17, 15) is 4.79 Å². The Balaban J connectivity index is 2.28. The maximum Gasteiger partial charge on any atom is 0.408 e. The smallest absolute Gasteiger partial charge is 0.408 e. The molecular weight excluding hydrogens is 398 g/mol. The Morgan fingerprint density at radius 2 is 1.96 bits per heavy atom. The molecule has 8 heteroatoms. The van der Waals surface area contributed by atoms with Crippen LogP contribution in [-0.2, 0) is 4.74 Å². The maximum absolute atomic E-state index is 12.5. The second-order valence-corrected chi connectivity index (χ2v) is 9.82. The lowest BCUT2D eigenvalue weighted by Crippen LogP contribution is -2.57. The fourth-order valence-electron chi connectivity index (χ4n) is 2.73. The number of hydrogen-bond donors (Lipinski definition) is 1. The van der Waals surface area contributed by atoms with Gasteiger partial charge < -0.3 is 14.8 Å². The lowest BCUT2D eigenvalue weighted by atomic mass is 9.69. The summed E-state index contributed by atoms with van der Waals surface area (Å²) in [5, 5.41) is 3.17. The first-order valence-corrected chi connectivity index (χ1v) is 10.6. The number of nitrogens with one attached hydrogen (secondary N) is 1. The Morgan fingerprint density at radius 3 is 2.54 bits per heavy atom. The van der Waals surface area contributed by atoms with Gasteiger partial charge in [0.05, 0.1) is 10.4 Å². The van der Waals surface area contributed by atoms with Crippen LogP contribution in [-0.4, -0.2) is 33.5 Å². The zero-order chi connectivity index (χ0) is 21.2. The molecule has 2 rings (SSSR count). The third kappa shape index (κ3) is 5.64. The molecule has 28 heavy (non-hydrogen) atoms. The minimum atomic E-state index is -0.685. The highest BCUT2D eigenvalue weighted by molar-refractivity contribution is 7.98. The van der Waals surface area contributed by atoms with Crippen LogP contribution in [0, 0.1) is 5.41 Å². The summed E-state index contributed by atoms with van der Waals surface area (Å²) in [5.74, 6) is 1.06. The van der Waals surface area contributed by atoms with E-state index in [0.29, 0.717) is 18.1 Å². The maximum atomic E-state index is 12.5. The molecule has 0 saturated carbocycles. The molecule has 1 aliphatic carbocycles. The number of hydrogen-bond acceptors (Lipinski definition) is 6. The van der Waals surface area contributed by atoms with Gasteiger partial charge in [0.2, 0.25) is 11.2 Å². The van der Waals surface area contributed by atoms with Crippen molar-refractivity contribution in [1.82, 2.24) is 15.3 Å². The molecule has 0 spiro atoms. The predicted octanol–water partition coefficient (Wildman–Crippen LogP) is 5.38. The van der Waals surface area contributed by atoms with Gasteiger partial charge in [0.1, 0.15) is 11.4 Å². The molecule has 0 fully saturated rings. The third-order valence-electron chi connectivity index (χ3n) is 4.32. The number of alkyl carbamates (subject to hydrolysis) is 1. The van der Waals surface area contributed by atoms with Crippen LogP contribution >= 0.6 is 23.4 Å². The van der Waals surface area contributed by atoms with E-state index < -0.39 is 17.2 Å². The fourth-order valence-corrected chi connectivity index (χ4v) is 3.27. The van der Waals surface area contributed by atoms with Crippen molar-refractivity contribution in [2.24, 2.45) is 5.41 Å². The van der Waals surface area contributed by atoms with Crippen molar-refractivity contribution in [3.8, 4) is 5.88 Å². The first-order chi connectivity index (χ1) is 12.9. The van der Waals surface area contributed by atoms with Gasteiger partial charge in [-0.05, 0) is 50.1 Å². The topological polar surface area (TPSA) is 73.3 Å². The molecule has 1 aromatic heterocycles. The van der Waals surface area contributed by atoms with E-state index in [4.69, 9.17) is 21.1 Å². The van der Waals surface area contributed by atoms with Crippen LogP contribution in [0.1, 0.15) is 48.0 Å². The summed E-state index contributed by atoms with van der Waals surface area (Å²) < 4.78 is 11.5. The molecule has 0 radical (unpaired) electrons. The SMILES string of the molecule is CSc1cnc(Cl)nc1OC1=CC=CC(NC(=O)OC(C)(C)C)(C(C)(C)C)C1. The lowest BCUT2D eigenvalue weighted by molar-refractivity contribution is 0.0389. The van der Waals surface area contributed by atoms with Crippen LogP contribution in [0.15, 0.2) is 35.1 Å². The van der Waals surface area contributed by atoms with Crippen molar-refractivity contribution in [1.29, 1.82) is 0 Å². The number of thioether (sulfide) groups is 1. The number of amides is 1. The van der Waals surface area contributed by atoms with E-state index in [1.165, 1.54) is 11.8 Å². The molecule has 1 atom stereocenters. The Labute approximate surface area is 176 Å². The van der Waals surface area contributed by atoms with E-state index in [2.05, 4.69) is 36.1 Å². The number of aromatic nitrogens is 2. The van der Waals surface area contributed by atoms with E-state index in [1.807, 2.05) is 45.3 Å². The molecule has 1 N–H and O–H groups in total. The predicted molar refractivity (Wildman–Crippen MR) is 113 cm³/mol. The highest BCUT2D eigenvalue weighted by Gasteiger charge is 2.44. The van der Waals surface area contributed by atoms with Gasteiger partial charge >= 0.3 is 6.09 Å². The molecule has 0 aromatic carbocycles. The molecule has 1 aliphatic rings. The van der Waals surface area contributed by atoms with E-state index in [-0.39, 0.29) is 10.7 Å². The molecule has 0 bridgehead atoms. The Bertz CT molecular complexity index is 797. The number of carbonyl (C=O) groups is 1. The Kier molecular flexibility index (Phi) is 6.71. The number of allylic oxidation sites excluding steroid dienone is 2. The summed E-state index contributed by atoms with van der Waals surface area (Å²) in [7, 11) is 0. The van der Waals surface area contributed by atoms with Crippen molar-refractivity contribution < 1.29 is 14.3 Å². The van der Waals surface area contributed by atoms with Gasteiger partial charge in [-0.1, -0.05) is 32.9 Å². The second kappa shape index (κ2) is 8.33. The summed E-state index contributed by atoms with van der Waals surface area (Å²) in [4.78, 5) is 21.5. The molecule has 1 unspecified atom stereocenters. The number of halogens is 1. The van der Waals surface area contributed by atoms with Crippen molar-refractivity contribution in [3.05, 3.63) is 35.5 Å². The van der Waals surface area contributed by atoms with Crippen molar-refractivity contribution in [2.75, 3.05) is 6.26 Å². The Hall–Kier alpha value is -1.73. The van der Waals surface area contributed by atoms with E-state index in [0.717, 1.165) is 4.90 Å². The average Bonchev–Trinajstić information content (AvgIpc) is 2.52. The normalized spacial score (nSPS) is 19.8. The highest BCUT2D eigenvalue weighted by atomic mass is 35.5. The van der Waals surface area contributed by atoms with Crippen LogP contribution < -0.4 is 10.1 Å². The standard InChI is InChI=1S/C20H28ClN3O3S/c1-18(2,3)20(24-17(25)27-19(4,5)6)10-8-9-13(11-20)26-15-14(28-7)12-22-16(21)23-15/h8-10,12H,11H2,1-7H3,(H,24,25). The fraction of sp³-hybridized carbons (Fsp3) is 0.550. The quantitative estimate of drug-likeness (QED) is 0.515. The van der Waals surface area contributed by atoms with Gasteiger partial charge in [0, 0.05) is 12.6 Å². The molecule has 0 aliphatic heterocycles. The first kappa shape index (κ1) is 22.6. The van der Waals surface area contributed by atoms with E-state index >= 15 is 0 Å². The molecule has 154 valence electrons. The zero-order valence-electron chi connectivity index (χ0n) is 17.4. The highest BCUT2D eigenvalue weighted by Crippen LogP contribution is 2.40. The molecule has 6 nitrogen and oxygen atoms in total. The van der Waals surface area contributed by atoms with Crippen molar-refractivity contribution in [2.45, 2.75) is 64.0 Å². The summed E-state index contributed by atoms with van der Waals surface area (Å²) in [6.07, 6.45) is 9.24. The molecule has 0 saturated heterocycles. The molecule has 1 amide bonds. The Morgan fingerprint density at radius 1 is 1.29 bits per heavy atom. The van der Waals surface area contributed by atoms with Crippen LogP contribution in [0.5, 0.6) is 5.88 Å². The lowest BCUT2D eigenvalue weighted by Gasteiger charge is -2.44. The van der Waals surface area contributed by atoms with Crippen LogP contribution in [0.25, 0.3) is 0 Å². The minimum Gasteiger partial charge on any atom is -0.444 e. The number of rotatable bonds is 4. The van der Waals surface area contributed by atoms with Crippen molar-refractivity contribution >= 4 is 29.5 Å². The van der Waals surface area contributed by atoms with Gasteiger partial charge in [0.15, 0.2) is 0 Å². The van der Waals surface area contributed by atoms with Crippen LogP contribution in [0.3, 0.4) is 0 Å². The number of carbonyl (C=O) groups excluding carboxylic acids is 1. The molecule has 1 aromatic rings. The van der Waals surface area contributed by atoms with Crippen molar-refractivity contribution in [3.63, 3.8) is 0 Å². The largest absolute Gasteiger partial charge is 0.444 e. The van der Waals surface area contributed by atoms with Gasteiger partial charge in [-0.3, -0.25) is 0 Å². The second-order valence-electron chi connectivity index (χ2n) is 8.63. The number of nitrogens with zero attached hydrogens (tertiary/aromatic N) is 2. The van der Waals surface area contributed by atoms with Gasteiger partial charge in [-0.15, -0.1) is 11.8 Å². The minimum absolute atomic E-state index is 0.119. The van der Waals surface area contributed by atoms with Gasteiger partial charge in [0.25, 0.3) is 0 Å².